The molecule has 0 saturated heterocycles. The Bertz CT molecular complexity index is 649. The molecule has 2 heterocycles. The molecule has 2 aromatic rings. The molecule has 0 atom stereocenters. The second-order valence-corrected chi connectivity index (χ2v) is 4.18. The van der Waals surface area contributed by atoms with Crippen LogP contribution in [-0.2, 0) is 13.1 Å². The van der Waals surface area contributed by atoms with Gasteiger partial charge in [-0.1, -0.05) is 6.92 Å². The van der Waals surface area contributed by atoms with Crippen LogP contribution in [0.15, 0.2) is 39.7 Å². The summed E-state index contributed by atoms with van der Waals surface area (Å²) in [4.78, 5) is 11.6. The molecule has 5 heteroatoms. The SMILES string of the molecule is CCCn1cc(NCc2ccc(C#N)o2)ccc1=O. The second kappa shape index (κ2) is 5.91. The largest absolute Gasteiger partial charge is 0.449 e. The van der Waals surface area contributed by atoms with Crippen molar-refractivity contribution in [2.24, 2.45) is 0 Å². The van der Waals surface area contributed by atoms with Gasteiger partial charge >= 0.3 is 0 Å². The van der Waals surface area contributed by atoms with Crippen molar-refractivity contribution < 1.29 is 4.42 Å². The summed E-state index contributed by atoms with van der Waals surface area (Å²) < 4.78 is 6.94. The summed E-state index contributed by atoms with van der Waals surface area (Å²) in [5.41, 5.74) is 0.847. The first-order chi connectivity index (χ1) is 9.22. The van der Waals surface area contributed by atoms with Crippen molar-refractivity contribution in [3.8, 4) is 6.07 Å². The van der Waals surface area contributed by atoms with Gasteiger partial charge in [0.2, 0.25) is 5.76 Å². The minimum absolute atomic E-state index is 0.00262. The zero-order valence-corrected chi connectivity index (χ0v) is 10.7. The topological polar surface area (TPSA) is 71.0 Å². The van der Waals surface area contributed by atoms with E-state index < -0.39 is 0 Å². The third kappa shape index (κ3) is 3.26. The number of anilines is 1. The predicted molar refractivity (Wildman–Crippen MR) is 71.7 cm³/mol. The third-order valence-electron chi connectivity index (χ3n) is 2.69. The van der Waals surface area contributed by atoms with E-state index in [9.17, 15) is 4.79 Å². The van der Waals surface area contributed by atoms with Gasteiger partial charge in [0.1, 0.15) is 11.8 Å². The van der Waals surface area contributed by atoms with E-state index in [1.807, 2.05) is 13.0 Å². The Labute approximate surface area is 111 Å². The molecule has 0 spiro atoms. The summed E-state index contributed by atoms with van der Waals surface area (Å²) in [6.45, 7) is 3.21. The zero-order valence-electron chi connectivity index (χ0n) is 10.7. The lowest BCUT2D eigenvalue weighted by Crippen LogP contribution is -2.18. The summed E-state index contributed by atoms with van der Waals surface area (Å²) in [6.07, 6.45) is 2.70. The molecule has 2 rings (SSSR count). The molecule has 0 radical (unpaired) electrons. The van der Waals surface area contributed by atoms with Crippen LogP contribution in [0.5, 0.6) is 0 Å². The Hall–Kier alpha value is -2.48. The van der Waals surface area contributed by atoms with Crippen molar-refractivity contribution in [2.75, 3.05) is 5.32 Å². The van der Waals surface area contributed by atoms with Crippen LogP contribution in [0.4, 0.5) is 5.69 Å². The molecule has 0 unspecified atom stereocenters. The molecule has 0 aliphatic carbocycles. The predicted octanol–water partition coefficient (Wildman–Crippen LogP) is 2.34. The monoisotopic (exact) mass is 257 g/mol. The van der Waals surface area contributed by atoms with E-state index in [0.29, 0.717) is 24.6 Å². The van der Waals surface area contributed by atoms with Gasteiger partial charge in [0.15, 0.2) is 0 Å². The Morgan fingerprint density at radius 2 is 2.21 bits per heavy atom. The highest BCUT2D eigenvalue weighted by Crippen LogP contribution is 2.10. The van der Waals surface area contributed by atoms with Gasteiger partial charge in [-0.3, -0.25) is 4.79 Å². The number of hydrogen-bond donors (Lipinski definition) is 1. The highest BCUT2D eigenvalue weighted by molar-refractivity contribution is 5.40. The average molecular weight is 257 g/mol. The molecule has 0 saturated carbocycles. The molecule has 5 nitrogen and oxygen atoms in total. The standard InChI is InChI=1S/C14H15N3O2/c1-2-7-17-10-11(3-6-14(17)18)16-9-13-5-4-12(8-15)19-13/h3-6,10,16H,2,7,9H2,1H3. The van der Waals surface area contributed by atoms with Crippen LogP contribution >= 0.6 is 0 Å². The van der Waals surface area contributed by atoms with Crippen LogP contribution in [0.2, 0.25) is 0 Å². The highest BCUT2D eigenvalue weighted by atomic mass is 16.3. The van der Waals surface area contributed by atoms with E-state index in [4.69, 9.17) is 9.68 Å². The number of furan rings is 1. The van der Waals surface area contributed by atoms with Gasteiger partial charge in [0.25, 0.3) is 5.56 Å². The number of nitrogens with zero attached hydrogens (tertiary/aromatic N) is 2. The van der Waals surface area contributed by atoms with E-state index >= 15 is 0 Å². The van der Waals surface area contributed by atoms with Crippen molar-refractivity contribution in [1.29, 1.82) is 5.26 Å². The maximum Gasteiger partial charge on any atom is 0.250 e. The molecule has 0 amide bonds. The van der Waals surface area contributed by atoms with E-state index in [1.54, 1.807) is 35.0 Å². The first kappa shape index (κ1) is 13.0. The molecule has 98 valence electrons. The first-order valence-corrected chi connectivity index (χ1v) is 6.16. The fourth-order valence-corrected chi connectivity index (χ4v) is 1.77. The Balaban J connectivity index is 2.05. The number of nitriles is 1. The molecular formula is C14H15N3O2. The van der Waals surface area contributed by atoms with Gasteiger partial charge < -0.3 is 14.3 Å². The van der Waals surface area contributed by atoms with E-state index in [0.717, 1.165) is 12.1 Å². The number of hydrogen-bond acceptors (Lipinski definition) is 4. The summed E-state index contributed by atoms with van der Waals surface area (Å²) in [5.74, 6) is 0.984. The van der Waals surface area contributed by atoms with Gasteiger partial charge in [-0.25, -0.2) is 0 Å². The minimum atomic E-state index is -0.00262. The summed E-state index contributed by atoms with van der Waals surface area (Å²) in [6, 6.07) is 8.61. The molecular weight excluding hydrogens is 242 g/mol. The molecule has 19 heavy (non-hydrogen) atoms. The van der Waals surface area contributed by atoms with Crippen molar-refractivity contribution in [1.82, 2.24) is 4.57 Å². The Morgan fingerprint density at radius 3 is 2.89 bits per heavy atom. The van der Waals surface area contributed by atoms with Crippen molar-refractivity contribution in [3.05, 3.63) is 52.3 Å². The smallest absolute Gasteiger partial charge is 0.250 e. The van der Waals surface area contributed by atoms with Crippen molar-refractivity contribution in [3.63, 3.8) is 0 Å². The number of aryl methyl sites for hydroxylation is 1. The van der Waals surface area contributed by atoms with Crippen LogP contribution in [0, 0.1) is 11.3 Å². The zero-order chi connectivity index (χ0) is 13.7. The molecule has 0 fully saturated rings. The van der Waals surface area contributed by atoms with Crippen LogP contribution in [-0.4, -0.2) is 4.57 Å². The van der Waals surface area contributed by atoms with Gasteiger partial charge in [-0.05, 0) is 24.6 Å². The number of aromatic nitrogens is 1. The van der Waals surface area contributed by atoms with Gasteiger partial charge in [-0.15, -0.1) is 0 Å². The summed E-state index contributed by atoms with van der Waals surface area (Å²) in [7, 11) is 0. The lowest BCUT2D eigenvalue weighted by atomic mass is 10.3. The Morgan fingerprint density at radius 1 is 1.37 bits per heavy atom. The van der Waals surface area contributed by atoms with Crippen LogP contribution in [0.3, 0.4) is 0 Å². The number of nitrogens with one attached hydrogen (secondary N) is 1. The fourth-order valence-electron chi connectivity index (χ4n) is 1.77. The van der Waals surface area contributed by atoms with Gasteiger partial charge in [0.05, 0.1) is 12.2 Å². The number of pyridine rings is 1. The van der Waals surface area contributed by atoms with Crippen molar-refractivity contribution >= 4 is 5.69 Å². The van der Waals surface area contributed by atoms with E-state index in [2.05, 4.69) is 5.32 Å². The molecule has 1 N–H and O–H groups in total. The molecule has 0 aliphatic heterocycles. The molecule has 0 aromatic carbocycles. The van der Waals surface area contributed by atoms with Crippen LogP contribution in [0.25, 0.3) is 0 Å². The maximum absolute atomic E-state index is 11.6. The fraction of sp³-hybridized carbons (Fsp3) is 0.286. The quantitative estimate of drug-likeness (QED) is 0.892. The average Bonchev–Trinajstić information content (AvgIpc) is 2.88. The molecule has 0 bridgehead atoms. The van der Waals surface area contributed by atoms with Crippen LogP contribution < -0.4 is 10.9 Å². The molecule has 2 aromatic heterocycles. The van der Waals surface area contributed by atoms with Gasteiger partial charge in [-0.2, -0.15) is 5.26 Å². The molecule has 0 aliphatic rings. The maximum atomic E-state index is 11.6. The van der Waals surface area contributed by atoms with Gasteiger partial charge in [0, 0.05) is 18.8 Å². The number of rotatable bonds is 5. The lowest BCUT2D eigenvalue weighted by Gasteiger charge is -2.08. The minimum Gasteiger partial charge on any atom is -0.449 e. The lowest BCUT2D eigenvalue weighted by molar-refractivity contribution is 0.506. The third-order valence-corrected chi connectivity index (χ3v) is 2.69. The van der Waals surface area contributed by atoms with E-state index in [1.165, 1.54) is 0 Å². The second-order valence-electron chi connectivity index (χ2n) is 4.18. The normalized spacial score (nSPS) is 10.1. The van der Waals surface area contributed by atoms with E-state index in [-0.39, 0.29) is 5.56 Å². The highest BCUT2D eigenvalue weighted by Gasteiger charge is 2.02. The summed E-state index contributed by atoms with van der Waals surface area (Å²) >= 11 is 0. The van der Waals surface area contributed by atoms with Crippen molar-refractivity contribution in [2.45, 2.75) is 26.4 Å². The Kier molecular flexibility index (Phi) is 4.04. The first-order valence-electron chi connectivity index (χ1n) is 6.16. The summed E-state index contributed by atoms with van der Waals surface area (Å²) in [5, 5.41) is 11.8. The van der Waals surface area contributed by atoms with Crippen LogP contribution in [0.1, 0.15) is 24.9 Å².